The minimum atomic E-state index is -0.665. The number of nitrogens with one attached hydrogen (secondary N) is 1. The molecule has 0 fully saturated rings. The monoisotopic (exact) mass is 491 g/mol. The molecule has 2 aliphatic rings. The Morgan fingerprint density at radius 1 is 0.853 bits per heavy atom. The maximum atomic E-state index is 13.2. The maximum absolute atomic E-state index is 13.2. The first-order valence-electron chi connectivity index (χ1n) is 10.7. The summed E-state index contributed by atoms with van der Waals surface area (Å²) in [7, 11) is 0. The van der Waals surface area contributed by atoms with Crippen molar-refractivity contribution in [2.24, 2.45) is 0 Å². The molecule has 0 unspecified atom stereocenters. The molecule has 0 bridgehead atoms. The van der Waals surface area contributed by atoms with Crippen molar-refractivity contribution in [2.75, 3.05) is 16.8 Å². The van der Waals surface area contributed by atoms with Gasteiger partial charge in [-0.3, -0.25) is 14.4 Å². The fourth-order valence-corrected chi connectivity index (χ4v) is 4.62. The number of rotatable bonds is 4. The molecule has 34 heavy (non-hydrogen) atoms. The first-order chi connectivity index (χ1) is 16.4. The van der Waals surface area contributed by atoms with Gasteiger partial charge in [0.2, 0.25) is 0 Å². The van der Waals surface area contributed by atoms with Gasteiger partial charge in [0.25, 0.3) is 17.7 Å². The van der Waals surface area contributed by atoms with Gasteiger partial charge in [-0.2, -0.15) is 0 Å². The van der Waals surface area contributed by atoms with Crippen LogP contribution < -0.4 is 10.2 Å². The third-order valence-corrected chi connectivity index (χ3v) is 6.59. The summed E-state index contributed by atoms with van der Waals surface area (Å²) >= 11 is 12.4. The third-order valence-electron chi connectivity index (χ3n) is 5.92. The number of amides is 3. The van der Waals surface area contributed by atoms with Crippen molar-refractivity contribution in [2.45, 2.75) is 13.0 Å². The summed E-state index contributed by atoms with van der Waals surface area (Å²) < 4.78 is 0. The van der Waals surface area contributed by atoms with E-state index < -0.39 is 11.8 Å². The predicted octanol–water partition coefficient (Wildman–Crippen LogP) is 4.97. The lowest BCUT2D eigenvalue weighted by molar-refractivity contribution is -0.120. The summed E-state index contributed by atoms with van der Waals surface area (Å²) in [6, 6.07) is 21.4. The average Bonchev–Trinajstić information content (AvgIpc) is 3.07. The van der Waals surface area contributed by atoms with Crippen molar-refractivity contribution in [3.05, 3.63) is 105 Å². The molecule has 0 aliphatic carbocycles. The molecule has 6 nitrogen and oxygen atoms in total. The normalized spacial score (nSPS) is 15.6. The van der Waals surface area contributed by atoms with E-state index in [1.165, 1.54) is 5.56 Å². The lowest BCUT2D eigenvalue weighted by Gasteiger charge is -2.29. The zero-order valence-corrected chi connectivity index (χ0v) is 19.4. The molecule has 3 amide bonds. The molecule has 3 aromatic rings. The molecule has 3 aromatic carbocycles. The first-order valence-corrected chi connectivity index (χ1v) is 11.5. The predicted molar refractivity (Wildman–Crippen MR) is 132 cm³/mol. The van der Waals surface area contributed by atoms with Gasteiger partial charge in [0.1, 0.15) is 10.7 Å². The van der Waals surface area contributed by atoms with Gasteiger partial charge < -0.3 is 10.2 Å². The second-order valence-corrected chi connectivity index (χ2v) is 8.82. The van der Waals surface area contributed by atoms with E-state index in [0.717, 1.165) is 16.9 Å². The lowest BCUT2D eigenvalue weighted by atomic mass is 9.99. The van der Waals surface area contributed by atoms with Crippen LogP contribution in [0.4, 0.5) is 11.4 Å². The number of halogens is 2. The van der Waals surface area contributed by atoms with Crippen molar-refractivity contribution in [3.63, 3.8) is 0 Å². The second kappa shape index (κ2) is 8.97. The Bertz CT molecular complexity index is 1370. The number of para-hydroxylation sites is 1. The molecule has 0 saturated heterocycles. The number of carbonyl (C=O) groups excluding carboxylic acids is 3. The number of nitrogens with zero attached hydrogens (tertiary/aromatic N) is 2. The second-order valence-electron chi connectivity index (χ2n) is 8.04. The van der Waals surface area contributed by atoms with Crippen LogP contribution in [0.15, 0.2) is 83.5 Å². The Morgan fingerprint density at radius 2 is 1.59 bits per heavy atom. The van der Waals surface area contributed by atoms with Gasteiger partial charge in [-0.25, -0.2) is 4.90 Å². The number of imide groups is 1. The Hall–Kier alpha value is -3.61. The first kappa shape index (κ1) is 22.2. The van der Waals surface area contributed by atoms with Crippen LogP contribution in [0.5, 0.6) is 0 Å². The van der Waals surface area contributed by atoms with E-state index in [9.17, 15) is 14.4 Å². The fraction of sp³-hybridized carbons (Fsp3) is 0.115. The molecule has 0 radical (unpaired) electrons. The van der Waals surface area contributed by atoms with Gasteiger partial charge in [0.15, 0.2) is 0 Å². The highest BCUT2D eigenvalue weighted by atomic mass is 35.5. The van der Waals surface area contributed by atoms with Crippen LogP contribution in [-0.2, 0) is 22.6 Å². The summed E-state index contributed by atoms with van der Waals surface area (Å²) in [6.45, 7) is 1.17. The van der Waals surface area contributed by atoms with Crippen LogP contribution >= 0.6 is 23.2 Å². The number of carbonyl (C=O) groups is 3. The van der Waals surface area contributed by atoms with Crippen LogP contribution in [0.1, 0.15) is 21.5 Å². The Kier molecular flexibility index (Phi) is 5.86. The van der Waals surface area contributed by atoms with Gasteiger partial charge in [0.05, 0.1) is 10.7 Å². The highest BCUT2D eigenvalue weighted by molar-refractivity contribution is 6.53. The third kappa shape index (κ3) is 3.95. The van der Waals surface area contributed by atoms with E-state index in [1.54, 1.807) is 53.4 Å². The number of anilines is 2. The van der Waals surface area contributed by atoms with Crippen LogP contribution in [0.25, 0.3) is 0 Å². The summed E-state index contributed by atoms with van der Waals surface area (Å²) in [5.74, 6) is -1.39. The van der Waals surface area contributed by atoms with Gasteiger partial charge in [-0.1, -0.05) is 65.7 Å². The van der Waals surface area contributed by atoms with Gasteiger partial charge in [0, 0.05) is 24.3 Å². The quantitative estimate of drug-likeness (QED) is 0.522. The number of hydrogen-bond donors (Lipinski definition) is 1. The molecule has 0 atom stereocenters. The molecule has 0 aromatic heterocycles. The molecule has 5 rings (SSSR count). The van der Waals surface area contributed by atoms with E-state index in [4.69, 9.17) is 23.2 Å². The van der Waals surface area contributed by atoms with E-state index in [1.807, 2.05) is 18.2 Å². The minimum absolute atomic E-state index is 0.0666. The SMILES string of the molecule is O=C(c1cccc(NC2=C(Cl)C(=O)N(c3ccccc3Cl)C2=O)c1)N1CCc2ccccc2C1. The highest BCUT2D eigenvalue weighted by Crippen LogP contribution is 2.34. The van der Waals surface area contributed by atoms with Crippen molar-refractivity contribution in [1.29, 1.82) is 0 Å². The van der Waals surface area contributed by atoms with E-state index in [0.29, 0.717) is 24.3 Å². The topological polar surface area (TPSA) is 69.7 Å². The smallest absolute Gasteiger partial charge is 0.283 e. The summed E-state index contributed by atoms with van der Waals surface area (Å²) in [5, 5.41) is 2.94. The van der Waals surface area contributed by atoms with Crippen molar-refractivity contribution >= 4 is 52.3 Å². The van der Waals surface area contributed by atoms with Gasteiger partial charge in [-0.05, 0) is 47.9 Å². The lowest BCUT2D eigenvalue weighted by Crippen LogP contribution is -2.36. The molecule has 8 heteroatoms. The van der Waals surface area contributed by atoms with Gasteiger partial charge >= 0.3 is 0 Å². The molecule has 1 N–H and O–H groups in total. The van der Waals surface area contributed by atoms with Crippen molar-refractivity contribution < 1.29 is 14.4 Å². The van der Waals surface area contributed by atoms with Crippen LogP contribution in [0.2, 0.25) is 5.02 Å². The number of hydrogen-bond acceptors (Lipinski definition) is 4. The Labute approximate surface area is 206 Å². The highest BCUT2D eigenvalue weighted by Gasteiger charge is 2.39. The largest absolute Gasteiger partial charge is 0.350 e. The van der Waals surface area contributed by atoms with Crippen molar-refractivity contribution in [3.8, 4) is 0 Å². The summed E-state index contributed by atoms with van der Waals surface area (Å²) in [6.07, 6.45) is 0.802. The molecule has 2 heterocycles. The van der Waals surface area contributed by atoms with Crippen molar-refractivity contribution in [1.82, 2.24) is 4.90 Å². The van der Waals surface area contributed by atoms with Crippen LogP contribution in [0, 0.1) is 0 Å². The van der Waals surface area contributed by atoms with E-state index >= 15 is 0 Å². The molecule has 0 saturated carbocycles. The van der Waals surface area contributed by atoms with Crippen LogP contribution in [-0.4, -0.2) is 29.2 Å². The van der Waals surface area contributed by atoms with Gasteiger partial charge in [-0.15, -0.1) is 0 Å². The molecule has 2 aliphatic heterocycles. The van der Waals surface area contributed by atoms with E-state index in [-0.39, 0.29) is 27.3 Å². The molecular formula is C26H19Cl2N3O3. The zero-order chi connectivity index (χ0) is 23.8. The number of fused-ring (bicyclic) bond motifs is 1. The molecular weight excluding hydrogens is 473 g/mol. The maximum Gasteiger partial charge on any atom is 0.283 e. The molecule has 0 spiro atoms. The summed E-state index contributed by atoms with van der Waals surface area (Å²) in [4.78, 5) is 41.7. The Morgan fingerprint density at radius 3 is 2.38 bits per heavy atom. The fourth-order valence-electron chi connectivity index (χ4n) is 4.19. The molecule has 170 valence electrons. The van der Waals surface area contributed by atoms with E-state index in [2.05, 4.69) is 11.4 Å². The van der Waals surface area contributed by atoms with Crippen LogP contribution in [0.3, 0.4) is 0 Å². The standard InChI is InChI=1S/C26H19Cl2N3O3/c27-20-10-3-4-11-21(20)31-25(33)22(28)23(26(31)34)29-19-9-5-8-17(14-19)24(32)30-13-12-16-6-1-2-7-18(16)15-30/h1-11,14,29H,12-13,15H2. The minimum Gasteiger partial charge on any atom is -0.350 e. The summed E-state index contributed by atoms with van der Waals surface area (Å²) in [5.41, 5.74) is 3.53. The zero-order valence-electron chi connectivity index (χ0n) is 17.9. The number of benzene rings is 3. The Balaban J connectivity index is 1.36. The average molecular weight is 492 g/mol.